The van der Waals surface area contributed by atoms with Crippen LogP contribution in [0, 0.1) is 0 Å². The Morgan fingerprint density at radius 2 is 1.40 bits per heavy atom. The van der Waals surface area contributed by atoms with Crippen LogP contribution in [0.5, 0.6) is 0 Å². The average molecular weight is 136 g/mol. The van der Waals surface area contributed by atoms with E-state index in [0.29, 0.717) is 11.4 Å². The lowest BCUT2D eigenvalue weighted by molar-refractivity contribution is 1.67. The first-order valence-corrected chi connectivity index (χ1v) is 2.90. The topological polar surface area (TPSA) is 52.0 Å². The summed E-state index contributed by atoms with van der Waals surface area (Å²) in [5.74, 6) is 0. The number of anilines is 2. The van der Waals surface area contributed by atoms with Gasteiger partial charge in [-0.1, -0.05) is 6.07 Å². The van der Waals surface area contributed by atoms with E-state index in [9.17, 15) is 0 Å². The minimum absolute atomic E-state index is 0.713. The molecule has 0 bridgehead atoms. The van der Waals surface area contributed by atoms with E-state index >= 15 is 0 Å². The molecule has 0 aromatic heterocycles. The van der Waals surface area contributed by atoms with Gasteiger partial charge in [-0.2, -0.15) is 0 Å². The number of rotatable bonds is 0. The van der Waals surface area contributed by atoms with Gasteiger partial charge >= 0.3 is 0 Å². The van der Waals surface area contributed by atoms with Gasteiger partial charge in [0.05, 0.1) is 0 Å². The summed E-state index contributed by atoms with van der Waals surface area (Å²) in [6.07, 6.45) is 0. The second-order valence-electron chi connectivity index (χ2n) is 1.67. The molecule has 0 saturated heterocycles. The van der Waals surface area contributed by atoms with Crippen molar-refractivity contribution in [3.63, 3.8) is 0 Å². The highest BCUT2D eigenvalue weighted by Crippen LogP contribution is 2.06. The van der Waals surface area contributed by atoms with Crippen molar-refractivity contribution in [3.8, 4) is 0 Å². The normalized spacial score (nSPS) is 7.60. The minimum atomic E-state index is 0.713. The van der Waals surface area contributed by atoms with E-state index in [1.807, 2.05) is 6.07 Å². The summed E-state index contributed by atoms with van der Waals surface area (Å²) in [7, 11) is 0. The maximum absolute atomic E-state index is 5.38. The summed E-state index contributed by atoms with van der Waals surface area (Å²) in [5.41, 5.74) is 12.2. The predicted molar refractivity (Wildman–Crippen MR) is 46.5 cm³/mol. The zero-order chi connectivity index (χ0) is 7.98. The molecule has 0 atom stereocenters. The van der Waals surface area contributed by atoms with Crippen LogP contribution >= 0.6 is 0 Å². The SMILES string of the molecule is C=C.Nc1cccc(N)c1. The van der Waals surface area contributed by atoms with Gasteiger partial charge in [-0.05, 0) is 18.2 Å². The summed E-state index contributed by atoms with van der Waals surface area (Å²) in [6.45, 7) is 6.00. The van der Waals surface area contributed by atoms with Crippen LogP contribution in [0.2, 0.25) is 0 Å². The van der Waals surface area contributed by atoms with Gasteiger partial charge in [0.1, 0.15) is 0 Å². The summed E-state index contributed by atoms with van der Waals surface area (Å²) < 4.78 is 0. The number of hydrogen-bond acceptors (Lipinski definition) is 2. The largest absolute Gasteiger partial charge is 0.399 e. The quantitative estimate of drug-likeness (QED) is 0.421. The van der Waals surface area contributed by atoms with Gasteiger partial charge in [-0.25, -0.2) is 0 Å². The molecular formula is C8H12N2. The van der Waals surface area contributed by atoms with Crippen LogP contribution in [0.1, 0.15) is 0 Å². The molecule has 1 aromatic carbocycles. The fourth-order valence-corrected chi connectivity index (χ4v) is 0.559. The van der Waals surface area contributed by atoms with Crippen molar-refractivity contribution in [2.45, 2.75) is 0 Å². The Kier molecular flexibility index (Phi) is 3.80. The molecule has 2 nitrogen and oxygen atoms in total. The Bertz CT molecular complexity index is 179. The Balaban J connectivity index is 0.000000371. The molecule has 0 unspecified atom stereocenters. The third-order valence-corrected chi connectivity index (χ3v) is 0.911. The molecule has 2 heteroatoms. The van der Waals surface area contributed by atoms with E-state index in [4.69, 9.17) is 11.5 Å². The van der Waals surface area contributed by atoms with Gasteiger partial charge in [0.25, 0.3) is 0 Å². The number of benzene rings is 1. The molecule has 0 heterocycles. The van der Waals surface area contributed by atoms with Crippen LogP contribution in [0.15, 0.2) is 37.4 Å². The second-order valence-corrected chi connectivity index (χ2v) is 1.67. The lowest BCUT2D eigenvalue weighted by atomic mass is 10.3. The zero-order valence-corrected chi connectivity index (χ0v) is 5.88. The Hall–Kier alpha value is -1.44. The van der Waals surface area contributed by atoms with Crippen LogP contribution in [0.25, 0.3) is 0 Å². The Morgan fingerprint density at radius 3 is 1.60 bits per heavy atom. The fraction of sp³-hybridized carbons (Fsp3) is 0. The first-order chi connectivity index (χ1) is 4.79. The molecule has 0 fully saturated rings. The zero-order valence-electron chi connectivity index (χ0n) is 5.88. The first-order valence-electron chi connectivity index (χ1n) is 2.90. The molecular weight excluding hydrogens is 124 g/mol. The molecule has 0 amide bonds. The number of hydrogen-bond donors (Lipinski definition) is 2. The monoisotopic (exact) mass is 136 g/mol. The summed E-state index contributed by atoms with van der Waals surface area (Å²) >= 11 is 0. The Morgan fingerprint density at radius 1 is 1.00 bits per heavy atom. The number of nitrogens with two attached hydrogens (primary N) is 2. The molecule has 10 heavy (non-hydrogen) atoms. The van der Waals surface area contributed by atoms with E-state index in [2.05, 4.69) is 13.2 Å². The van der Waals surface area contributed by atoms with Crippen molar-refractivity contribution in [1.82, 2.24) is 0 Å². The lowest BCUT2D eigenvalue weighted by Crippen LogP contribution is -1.87. The average Bonchev–Trinajstić information content (AvgIpc) is 1.91. The predicted octanol–water partition coefficient (Wildman–Crippen LogP) is 1.65. The van der Waals surface area contributed by atoms with Crippen molar-refractivity contribution < 1.29 is 0 Å². The van der Waals surface area contributed by atoms with Crippen molar-refractivity contribution in [2.75, 3.05) is 11.5 Å². The van der Waals surface area contributed by atoms with Crippen molar-refractivity contribution in [1.29, 1.82) is 0 Å². The van der Waals surface area contributed by atoms with Crippen molar-refractivity contribution >= 4 is 11.4 Å². The summed E-state index contributed by atoms with van der Waals surface area (Å²) in [6, 6.07) is 7.15. The van der Waals surface area contributed by atoms with Gasteiger partial charge in [0, 0.05) is 11.4 Å². The second kappa shape index (κ2) is 4.44. The molecule has 1 rings (SSSR count). The van der Waals surface area contributed by atoms with Crippen LogP contribution in [0.4, 0.5) is 11.4 Å². The third kappa shape index (κ3) is 2.77. The first kappa shape index (κ1) is 8.56. The molecule has 0 radical (unpaired) electrons. The highest BCUT2D eigenvalue weighted by atomic mass is 14.6. The third-order valence-electron chi connectivity index (χ3n) is 0.911. The van der Waals surface area contributed by atoms with Crippen molar-refractivity contribution in [2.24, 2.45) is 0 Å². The van der Waals surface area contributed by atoms with Crippen molar-refractivity contribution in [3.05, 3.63) is 37.4 Å². The number of nitrogen functional groups attached to an aromatic ring is 2. The standard InChI is InChI=1S/C6H8N2.C2H4/c7-5-2-1-3-6(8)4-5;1-2/h1-4H,7-8H2;1-2H2. The van der Waals surface area contributed by atoms with Gasteiger partial charge in [-0.15, -0.1) is 13.2 Å². The molecule has 1 aromatic rings. The summed E-state index contributed by atoms with van der Waals surface area (Å²) in [4.78, 5) is 0. The van der Waals surface area contributed by atoms with Crippen LogP contribution in [0.3, 0.4) is 0 Å². The van der Waals surface area contributed by atoms with Gasteiger partial charge < -0.3 is 11.5 Å². The van der Waals surface area contributed by atoms with E-state index in [-0.39, 0.29) is 0 Å². The van der Waals surface area contributed by atoms with E-state index < -0.39 is 0 Å². The highest BCUT2D eigenvalue weighted by molar-refractivity contribution is 5.50. The molecule has 54 valence electrons. The van der Waals surface area contributed by atoms with E-state index in [0.717, 1.165) is 0 Å². The molecule has 4 N–H and O–H groups in total. The van der Waals surface area contributed by atoms with Crippen LogP contribution in [-0.4, -0.2) is 0 Å². The van der Waals surface area contributed by atoms with Gasteiger partial charge in [0.15, 0.2) is 0 Å². The summed E-state index contributed by atoms with van der Waals surface area (Å²) in [5, 5.41) is 0. The maximum Gasteiger partial charge on any atom is 0.0334 e. The maximum atomic E-state index is 5.38. The molecule has 0 saturated carbocycles. The molecule has 0 aliphatic heterocycles. The van der Waals surface area contributed by atoms with Gasteiger partial charge in [0.2, 0.25) is 0 Å². The van der Waals surface area contributed by atoms with Gasteiger partial charge in [-0.3, -0.25) is 0 Å². The smallest absolute Gasteiger partial charge is 0.0334 e. The lowest BCUT2D eigenvalue weighted by Gasteiger charge is -1.91. The Labute approximate surface area is 61.2 Å². The van der Waals surface area contributed by atoms with Crippen LogP contribution < -0.4 is 11.5 Å². The van der Waals surface area contributed by atoms with E-state index in [1.54, 1.807) is 18.2 Å². The molecule has 0 aliphatic rings. The molecule has 0 aliphatic carbocycles. The molecule has 0 spiro atoms. The van der Waals surface area contributed by atoms with E-state index in [1.165, 1.54) is 0 Å². The fourth-order valence-electron chi connectivity index (χ4n) is 0.559. The minimum Gasteiger partial charge on any atom is -0.399 e. The van der Waals surface area contributed by atoms with Crippen LogP contribution in [-0.2, 0) is 0 Å². The highest BCUT2D eigenvalue weighted by Gasteiger charge is 1.81.